The van der Waals surface area contributed by atoms with Crippen LogP contribution in [0, 0.1) is 0 Å². The third kappa shape index (κ3) is 3.97. The molecule has 0 atom stereocenters. The first-order valence-corrected chi connectivity index (χ1v) is 4.86. The summed E-state index contributed by atoms with van der Waals surface area (Å²) in [6.45, 7) is 7.70. The molecule has 0 spiro atoms. The molecule has 1 heterocycles. The van der Waals surface area contributed by atoms with E-state index in [9.17, 15) is 4.79 Å². The van der Waals surface area contributed by atoms with Gasteiger partial charge in [-0.3, -0.25) is 0 Å². The van der Waals surface area contributed by atoms with E-state index in [1.807, 2.05) is 13.8 Å². The van der Waals surface area contributed by atoms with E-state index >= 15 is 0 Å². The van der Waals surface area contributed by atoms with Crippen molar-refractivity contribution in [2.75, 3.05) is 20.1 Å². The van der Waals surface area contributed by atoms with E-state index < -0.39 is 0 Å². The van der Waals surface area contributed by atoms with E-state index in [0.717, 1.165) is 19.5 Å². The fraction of sp³-hybridized carbons (Fsp3) is 0.700. The molecule has 0 unspecified atom stereocenters. The quantitative estimate of drug-likeness (QED) is 0.578. The predicted molar refractivity (Wildman–Crippen MR) is 57.9 cm³/mol. The Hall–Kier alpha value is -0.990. The van der Waals surface area contributed by atoms with E-state index in [2.05, 4.69) is 18.3 Å². The van der Waals surface area contributed by atoms with Crippen LogP contribution in [0.5, 0.6) is 0 Å². The van der Waals surface area contributed by atoms with Crippen molar-refractivity contribution in [2.24, 2.45) is 0 Å². The van der Waals surface area contributed by atoms with Gasteiger partial charge in [0.15, 0.2) is 0 Å². The zero-order valence-corrected chi connectivity index (χ0v) is 9.05. The van der Waals surface area contributed by atoms with Crippen molar-refractivity contribution in [1.29, 1.82) is 0 Å². The first kappa shape index (κ1) is 12.0. The van der Waals surface area contributed by atoms with Gasteiger partial charge in [-0.2, -0.15) is 0 Å². The van der Waals surface area contributed by atoms with Crippen molar-refractivity contribution in [2.45, 2.75) is 27.2 Å². The van der Waals surface area contributed by atoms with Gasteiger partial charge < -0.3 is 10.2 Å². The Labute approximate surface area is 82.3 Å². The Morgan fingerprint density at radius 3 is 2.62 bits per heavy atom. The zero-order chi connectivity index (χ0) is 10.3. The lowest BCUT2D eigenvalue weighted by Crippen LogP contribution is -2.40. The Morgan fingerprint density at radius 2 is 2.23 bits per heavy atom. The third-order valence-corrected chi connectivity index (χ3v) is 1.94. The maximum absolute atomic E-state index is 11.1. The maximum atomic E-state index is 11.1. The van der Waals surface area contributed by atoms with E-state index in [4.69, 9.17) is 0 Å². The third-order valence-electron chi connectivity index (χ3n) is 1.94. The molecule has 3 heteroatoms. The highest BCUT2D eigenvalue weighted by molar-refractivity contribution is 5.74. The highest BCUT2D eigenvalue weighted by atomic mass is 16.2. The van der Waals surface area contributed by atoms with Crippen molar-refractivity contribution < 1.29 is 6.22 Å². The van der Waals surface area contributed by atoms with Crippen LogP contribution < -0.4 is 5.32 Å². The van der Waals surface area contributed by atoms with Gasteiger partial charge in [-0.15, -0.1) is 0 Å². The molecule has 0 radical (unpaired) electrons. The molecule has 2 amide bonds. The van der Waals surface area contributed by atoms with Gasteiger partial charge in [-0.05, 0) is 13.3 Å². The van der Waals surface area contributed by atoms with Crippen LogP contribution in [0.15, 0.2) is 11.6 Å². The van der Waals surface area contributed by atoms with Crippen molar-refractivity contribution >= 4 is 6.03 Å². The lowest BCUT2D eigenvalue weighted by molar-refractivity contribution is 0.204. The second kappa shape index (κ2) is 6.52. The Bertz CT molecular complexity index is 193. The lowest BCUT2D eigenvalue weighted by Gasteiger charge is -2.24. The molecule has 1 rings (SSSR count). The molecular weight excluding hydrogens is 164 g/mol. The van der Waals surface area contributed by atoms with Gasteiger partial charge in [0.05, 0.1) is 0 Å². The fourth-order valence-corrected chi connectivity index (χ4v) is 1.11. The van der Waals surface area contributed by atoms with Gasteiger partial charge in [0, 0.05) is 21.6 Å². The van der Waals surface area contributed by atoms with Crippen molar-refractivity contribution in [3.63, 3.8) is 0 Å². The first-order valence-electron chi connectivity index (χ1n) is 4.86. The molecule has 13 heavy (non-hydrogen) atoms. The summed E-state index contributed by atoms with van der Waals surface area (Å²) in [5.74, 6) is 0. The SMILES string of the molecule is CC.CNC(=O)N1CC=C(C)CC1.[HH]. The van der Waals surface area contributed by atoms with Gasteiger partial charge in [0.2, 0.25) is 0 Å². The molecule has 1 N–H and O–H groups in total. The molecule has 0 aromatic heterocycles. The van der Waals surface area contributed by atoms with E-state index in [1.165, 1.54) is 5.57 Å². The summed E-state index contributed by atoms with van der Waals surface area (Å²) in [6, 6.07) is 0.0220. The first-order chi connectivity index (χ1) is 6.24. The Balaban J connectivity index is 0. The van der Waals surface area contributed by atoms with Gasteiger partial charge >= 0.3 is 6.03 Å². The molecular formula is C10H22N2O. The number of amides is 2. The van der Waals surface area contributed by atoms with Gasteiger partial charge in [-0.1, -0.05) is 25.5 Å². The normalized spacial score (nSPS) is 15.4. The minimum absolute atomic E-state index is 0. The molecule has 0 aromatic carbocycles. The summed E-state index contributed by atoms with van der Waals surface area (Å²) < 4.78 is 0. The standard InChI is InChI=1S/C8H14N2O.C2H6.H2/c1-7-3-5-10(6-4-7)8(11)9-2;1-2;/h3H,4-6H2,1-2H3,(H,9,11);1-2H3;1H. The van der Waals surface area contributed by atoms with Crippen LogP contribution in [0.3, 0.4) is 0 Å². The van der Waals surface area contributed by atoms with Crippen LogP contribution in [-0.4, -0.2) is 31.1 Å². The second-order valence-corrected chi connectivity index (χ2v) is 2.80. The van der Waals surface area contributed by atoms with E-state index in [1.54, 1.807) is 11.9 Å². The highest BCUT2D eigenvalue weighted by Crippen LogP contribution is 2.08. The van der Waals surface area contributed by atoms with Crippen LogP contribution in [0.4, 0.5) is 4.79 Å². The summed E-state index contributed by atoms with van der Waals surface area (Å²) in [5.41, 5.74) is 1.38. The molecule has 0 aliphatic carbocycles. The molecule has 1 aliphatic rings. The number of nitrogens with one attached hydrogen (secondary N) is 1. The van der Waals surface area contributed by atoms with Crippen molar-refractivity contribution in [3.8, 4) is 0 Å². The number of urea groups is 1. The monoisotopic (exact) mass is 186 g/mol. The minimum Gasteiger partial charge on any atom is -0.341 e. The minimum atomic E-state index is 0. The van der Waals surface area contributed by atoms with Crippen LogP contribution in [0.1, 0.15) is 28.6 Å². The zero-order valence-electron chi connectivity index (χ0n) is 9.05. The summed E-state index contributed by atoms with van der Waals surface area (Å²) >= 11 is 0. The summed E-state index contributed by atoms with van der Waals surface area (Å²) in [7, 11) is 1.66. The van der Waals surface area contributed by atoms with Crippen molar-refractivity contribution in [1.82, 2.24) is 10.2 Å². The maximum Gasteiger partial charge on any atom is 0.317 e. The Kier molecular flexibility index (Phi) is 6.02. The highest BCUT2D eigenvalue weighted by Gasteiger charge is 2.12. The molecule has 1 aliphatic heterocycles. The summed E-state index contributed by atoms with van der Waals surface area (Å²) in [6.07, 6.45) is 3.10. The number of hydrogen-bond acceptors (Lipinski definition) is 1. The van der Waals surface area contributed by atoms with Crippen LogP contribution in [0.2, 0.25) is 0 Å². The van der Waals surface area contributed by atoms with Crippen LogP contribution >= 0.6 is 0 Å². The second-order valence-electron chi connectivity index (χ2n) is 2.80. The molecule has 0 saturated heterocycles. The molecule has 3 nitrogen and oxygen atoms in total. The smallest absolute Gasteiger partial charge is 0.317 e. The average molecular weight is 186 g/mol. The molecule has 0 aromatic rings. The largest absolute Gasteiger partial charge is 0.341 e. The summed E-state index contributed by atoms with van der Waals surface area (Å²) in [4.78, 5) is 12.9. The number of nitrogens with zero attached hydrogens (tertiary/aromatic N) is 1. The van der Waals surface area contributed by atoms with Gasteiger partial charge in [0.25, 0.3) is 0 Å². The fourth-order valence-electron chi connectivity index (χ4n) is 1.11. The average Bonchev–Trinajstić information content (AvgIpc) is 2.21. The van der Waals surface area contributed by atoms with E-state index in [-0.39, 0.29) is 7.46 Å². The van der Waals surface area contributed by atoms with Crippen LogP contribution in [0.25, 0.3) is 0 Å². The molecule has 78 valence electrons. The number of carbonyl (C=O) groups is 1. The molecule has 0 fully saturated rings. The van der Waals surface area contributed by atoms with E-state index in [0.29, 0.717) is 0 Å². The van der Waals surface area contributed by atoms with Gasteiger partial charge in [0.1, 0.15) is 0 Å². The Morgan fingerprint density at radius 1 is 1.62 bits per heavy atom. The lowest BCUT2D eigenvalue weighted by atomic mass is 10.1. The van der Waals surface area contributed by atoms with Crippen molar-refractivity contribution in [3.05, 3.63) is 11.6 Å². The topological polar surface area (TPSA) is 32.3 Å². The number of carbonyl (C=O) groups excluding carboxylic acids is 1. The number of hydrogen-bond donors (Lipinski definition) is 1. The number of rotatable bonds is 0. The van der Waals surface area contributed by atoms with Crippen LogP contribution in [-0.2, 0) is 0 Å². The molecule has 0 saturated carbocycles. The molecule has 0 bridgehead atoms. The predicted octanol–water partition coefficient (Wildman–Crippen LogP) is 2.25. The van der Waals surface area contributed by atoms with Gasteiger partial charge in [-0.25, -0.2) is 4.79 Å². The summed E-state index contributed by atoms with van der Waals surface area (Å²) in [5, 5.41) is 2.61.